The van der Waals surface area contributed by atoms with Gasteiger partial charge < -0.3 is 9.84 Å². The fraction of sp³-hybridized carbons (Fsp3) is 0.821. The Kier molecular flexibility index (Phi) is 19.3. The minimum atomic E-state index is -0.185. The van der Waals surface area contributed by atoms with Gasteiger partial charge in [0.15, 0.2) is 0 Å². The fourth-order valence-electron chi connectivity index (χ4n) is 5.77. The molecular formula is C39H70O3S. The molecule has 0 fully saturated rings. The maximum absolute atomic E-state index is 12.5. The van der Waals surface area contributed by atoms with E-state index in [1.165, 1.54) is 108 Å². The number of esters is 1. The standard InChI is InChI=1S/C39H70O3S/c1-10-11-12-13-14-15-16-17-18-19-20-21-22-23-24-25-26-43-30-35(40)42-31-39(8,9)29-32-27-33(37(2,3)4)36(41)34(28-32)38(5,6)7/h27-28,41H,10-26,29-31H2,1-9H3. The zero-order valence-electron chi connectivity index (χ0n) is 30.0. The number of carbonyl (C=O) groups is 1. The fourth-order valence-corrected chi connectivity index (χ4v) is 6.57. The van der Waals surface area contributed by atoms with Crippen molar-refractivity contribution in [2.45, 2.75) is 182 Å². The van der Waals surface area contributed by atoms with Crippen molar-refractivity contribution in [3.63, 3.8) is 0 Å². The van der Waals surface area contributed by atoms with Crippen LogP contribution in [-0.4, -0.2) is 29.2 Å². The van der Waals surface area contributed by atoms with Crippen molar-refractivity contribution in [1.29, 1.82) is 0 Å². The number of unbranched alkanes of at least 4 members (excludes halogenated alkanes) is 15. The molecule has 1 aromatic rings. The molecule has 3 nitrogen and oxygen atoms in total. The molecule has 0 saturated carbocycles. The van der Waals surface area contributed by atoms with E-state index in [0.717, 1.165) is 23.3 Å². The summed E-state index contributed by atoms with van der Waals surface area (Å²) in [5, 5.41) is 11.0. The number of hydrogen-bond donors (Lipinski definition) is 1. The van der Waals surface area contributed by atoms with Crippen LogP contribution >= 0.6 is 11.8 Å². The Labute approximate surface area is 272 Å². The van der Waals surface area contributed by atoms with Crippen LogP contribution in [0.5, 0.6) is 5.75 Å². The van der Waals surface area contributed by atoms with E-state index in [1.807, 2.05) is 0 Å². The number of carbonyl (C=O) groups excluding carboxylic acids is 1. The van der Waals surface area contributed by atoms with Gasteiger partial charge in [-0.2, -0.15) is 11.8 Å². The van der Waals surface area contributed by atoms with Crippen molar-refractivity contribution in [3.8, 4) is 5.75 Å². The van der Waals surface area contributed by atoms with Crippen LogP contribution < -0.4 is 0 Å². The number of benzene rings is 1. The summed E-state index contributed by atoms with van der Waals surface area (Å²) in [6.07, 6.45) is 22.9. The monoisotopic (exact) mass is 619 g/mol. The van der Waals surface area contributed by atoms with Crippen LogP contribution in [0.2, 0.25) is 0 Å². The Balaban J connectivity index is 2.19. The molecule has 0 unspecified atom stereocenters. The number of hydrogen-bond acceptors (Lipinski definition) is 4. The highest BCUT2D eigenvalue weighted by Crippen LogP contribution is 2.41. The van der Waals surface area contributed by atoms with Crippen LogP contribution in [0, 0.1) is 5.41 Å². The molecule has 4 heteroatoms. The highest BCUT2D eigenvalue weighted by molar-refractivity contribution is 7.99. The van der Waals surface area contributed by atoms with E-state index in [2.05, 4.69) is 74.4 Å². The summed E-state index contributed by atoms with van der Waals surface area (Å²) in [6, 6.07) is 4.28. The largest absolute Gasteiger partial charge is 0.507 e. The first-order valence-corrected chi connectivity index (χ1v) is 18.9. The van der Waals surface area contributed by atoms with E-state index in [1.54, 1.807) is 11.8 Å². The second kappa shape index (κ2) is 20.8. The lowest BCUT2D eigenvalue weighted by molar-refractivity contribution is -0.143. The second-order valence-corrected chi connectivity index (χ2v) is 17.0. The molecule has 0 saturated heterocycles. The lowest BCUT2D eigenvalue weighted by Gasteiger charge is -2.30. The predicted octanol–water partition coefficient (Wildman–Crippen LogP) is 12.1. The van der Waals surface area contributed by atoms with Crippen molar-refractivity contribution in [2.24, 2.45) is 5.41 Å². The molecule has 0 spiro atoms. The van der Waals surface area contributed by atoms with E-state index in [4.69, 9.17) is 4.74 Å². The summed E-state index contributed by atoms with van der Waals surface area (Å²) in [5.74, 6) is 1.78. The SMILES string of the molecule is CCCCCCCCCCCCCCCCCCSCC(=O)OCC(C)(C)Cc1cc(C(C)(C)C)c(O)c(C(C)(C)C)c1. The van der Waals surface area contributed by atoms with E-state index in [-0.39, 0.29) is 22.2 Å². The number of phenols is 1. The maximum Gasteiger partial charge on any atom is 0.315 e. The van der Waals surface area contributed by atoms with Gasteiger partial charge in [0.05, 0.1) is 12.4 Å². The lowest BCUT2D eigenvalue weighted by Crippen LogP contribution is -2.26. The molecule has 1 N–H and O–H groups in total. The quantitative estimate of drug-likeness (QED) is 0.0979. The van der Waals surface area contributed by atoms with E-state index in [0.29, 0.717) is 18.1 Å². The van der Waals surface area contributed by atoms with Crippen LogP contribution in [0.25, 0.3) is 0 Å². The smallest absolute Gasteiger partial charge is 0.315 e. The Hall–Kier alpha value is -1.16. The second-order valence-electron chi connectivity index (χ2n) is 15.9. The van der Waals surface area contributed by atoms with Gasteiger partial charge in [-0.15, -0.1) is 0 Å². The van der Waals surface area contributed by atoms with Crippen LogP contribution in [0.15, 0.2) is 12.1 Å². The molecule has 250 valence electrons. The number of ether oxygens (including phenoxy) is 1. The highest BCUT2D eigenvalue weighted by Gasteiger charge is 2.29. The predicted molar refractivity (Wildman–Crippen MR) is 191 cm³/mol. The van der Waals surface area contributed by atoms with Crippen LogP contribution in [-0.2, 0) is 26.8 Å². The van der Waals surface area contributed by atoms with Gasteiger partial charge in [0.2, 0.25) is 0 Å². The molecular weight excluding hydrogens is 548 g/mol. The van der Waals surface area contributed by atoms with Crippen LogP contribution in [0.4, 0.5) is 0 Å². The molecule has 0 aliphatic heterocycles. The van der Waals surface area contributed by atoms with Gasteiger partial charge in [0.25, 0.3) is 0 Å². The van der Waals surface area contributed by atoms with Crippen molar-refractivity contribution >= 4 is 17.7 Å². The van der Waals surface area contributed by atoms with Crippen LogP contribution in [0.1, 0.15) is 182 Å². The molecule has 0 aromatic heterocycles. The summed E-state index contributed by atoms with van der Waals surface area (Å²) in [7, 11) is 0. The van der Waals surface area contributed by atoms with E-state index in [9.17, 15) is 9.90 Å². The Morgan fingerprint density at radius 2 is 1.07 bits per heavy atom. The normalized spacial score (nSPS) is 12.6. The van der Waals surface area contributed by atoms with Crippen molar-refractivity contribution in [1.82, 2.24) is 0 Å². The molecule has 0 radical (unpaired) electrons. The molecule has 0 aliphatic rings. The molecule has 0 bridgehead atoms. The number of rotatable bonds is 23. The van der Waals surface area contributed by atoms with Gasteiger partial charge in [-0.3, -0.25) is 4.79 Å². The summed E-state index contributed by atoms with van der Waals surface area (Å²) >= 11 is 1.71. The third-order valence-corrected chi connectivity index (χ3v) is 9.47. The molecule has 43 heavy (non-hydrogen) atoms. The summed E-state index contributed by atoms with van der Waals surface area (Å²) in [4.78, 5) is 12.5. The van der Waals surface area contributed by atoms with Gasteiger partial charge in [-0.1, -0.05) is 171 Å². The third-order valence-electron chi connectivity index (χ3n) is 8.45. The zero-order chi connectivity index (χ0) is 32.4. The van der Waals surface area contributed by atoms with Gasteiger partial charge >= 0.3 is 5.97 Å². The summed E-state index contributed by atoms with van der Waals surface area (Å²) in [6.45, 7) is 19.9. The third kappa shape index (κ3) is 18.4. The Morgan fingerprint density at radius 3 is 1.47 bits per heavy atom. The van der Waals surface area contributed by atoms with E-state index >= 15 is 0 Å². The first-order chi connectivity index (χ1) is 20.2. The number of phenolic OH excluding ortho intramolecular Hbond substituents is 1. The van der Waals surface area contributed by atoms with Crippen molar-refractivity contribution in [3.05, 3.63) is 28.8 Å². The highest BCUT2D eigenvalue weighted by atomic mass is 32.2. The maximum atomic E-state index is 12.5. The van der Waals surface area contributed by atoms with Gasteiger partial charge in [0, 0.05) is 5.41 Å². The van der Waals surface area contributed by atoms with E-state index < -0.39 is 0 Å². The summed E-state index contributed by atoms with van der Waals surface area (Å²) < 4.78 is 5.72. The minimum absolute atomic E-state index is 0.106. The average molecular weight is 619 g/mol. The lowest BCUT2D eigenvalue weighted by atomic mass is 9.76. The zero-order valence-corrected chi connectivity index (χ0v) is 30.8. The number of aromatic hydroxyl groups is 1. The summed E-state index contributed by atoms with van der Waals surface area (Å²) in [5.41, 5.74) is 2.66. The first-order valence-electron chi connectivity index (χ1n) is 17.8. The Bertz CT molecular complexity index is 856. The van der Waals surface area contributed by atoms with Crippen molar-refractivity contribution in [2.75, 3.05) is 18.1 Å². The van der Waals surface area contributed by atoms with Gasteiger partial charge in [-0.25, -0.2) is 0 Å². The van der Waals surface area contributed by atoms with Gasteiger partial charge in [0.1, 0.15) is 5.75 Å². The minimum Gasteiger partial charge on any atom is -0.507 e. The van der Waals surface area contributed by atoms with Crippen LogP contribution in [0.3, 0.4) is 0 Å². The average Bonchev–Trinajstić information content (AvgIpc) is 2.90. The molecule has 0 amide bonds. The topological polar surface area (TPSA) is 46.5 Å². The molecule has 0 aliphatic carbocycles. The molecule has 0 atom stereocenters. The molecule has 1 rings (SSSR count). The molecule has 0 heterocycles. The molecule has 1 aromatic carbocycles. The number of thioether (sulfide) groups is 1. The van der Waals surface area contributed by atoms with Crippen molar-refractivity contribution < 1.29 is 14.6 Å². The first kappa shape index (κ1) is 39.9. The van der Waals surface area contributed by atoms with Gasteiger partial charge in [-0.05, 0) is 46.1 Å². The Morgan fingerprint density at radius 1 is 0.674 bits per heavy atom.